The number of benzene rings is 1. The maximum atomic E-state index is 12.8. The summed E-state index contributed by atoms with van der Waals surface area (Å²) in [6.45, 7) is 1.91. The smallest absolute Gasteiger partial charge is 0.303 e. The summed E-state index contributed by atoms with van der Waals surface area (Å²) in [7, 11) is 1.60. The highest BCUT2D eigenvalue weighted by Gasteiger charge is 2.29. The lowest BCUT2D eigenvalue weighted by Gasteiger charge is -2.19. The molecule has 0 atom stereocenters. The van der Waals surface area contributed by atoms with Crippen molar-refractivity contribution >= 4 is 16.9 Å². The molecule has 1 aliphatic rings. The zero-order valence-corrected chi connectivity index (χ0v) is 12.8. The van der Waals surface area contributed by atoms with E-state index in [1.165, 1.54) is 0 Å². The molecule has 5 heteroatoms. The van der Waals surface area contributed by atoms with E-state index in [1.54, 1.807) is 19.2 Å². The SMILES string of the molecule is COc1cccc2c(=O)c(CCC(=O)O)c(C)n(C3CC3)c12. The number of aliphatic carboxylic acids is 1. The predicted molar refractivity (Wildman–Crippen MR) is 83.7 cm³/mol. The number of ether oxygens (including phenoxy) is 1. The fourth-order valence-corrected chi connectivity index (χ4v) is 3.07. The van der Waals surface area contributed by atoms with Crippen molar-refractivity contribution < 1.29 is 14.6 Å². The molecule has 22 heavy (non-hydrogen) atoms. The van der Waals surface area contributed by atoms with Gasteiger partial charge < -0.3 is 14.4 Å². The molecule has 0 radical (unpaired) electrons. The van der Waals surface area contributed by atoms with Crippen LogP contribution < -0.4 is 10.2 Å². The minimum atomic E-state index is -0.887. The molecule has 5 nitrogen and oxygen atoms in total. The maximum Gasteiger partial charge on any atom is 0.303 e. The van der Waals surface area contributed by atoms with E-state index in [-0.39, 0.29) is 18.3 Å². The second-order valence-electron chi connectivity index (χ2n) is 5.74. The number of carboxylic acid groups (broad SMARTS) is 1. The van der Waals surface area contributed by atoms with Crippen LogP contribution in [-0.4, -0.2) is 22.8 Å². The Kier molecular flexibility index (Phi) is 3.64. The minimum absolute atomic E-state index is 0.0315. The Labute approximate surface area is 128 Å². The van der Waals surface area contributed by atoms with Gasteiger partial charge in [-0.3, -0.25) is 9.59 Å². The molecular formula is C17H19NO4. The summed E-state index contributed by atoms with van der Waals surface area (Å²) in [6, 6.07) is 5.83. The maximum absolute atomic E-state index is 12.8. The zero-order valence-electron chi connectivity index (χ0n) is 12.8. The van der Waals surface area contributed by atoms with Gasteiger partial charge in [0.05, 0.1) is 12.6 Å². The first-order valence-electron chi connectivity index (χ1n) is 7.47. The number of methoxy groups -OCH3 is 1. The third kappa shape index (κ3) is 2.36. The van der Waals surface area contributed by atoms with E-state index < -0.39 is 5.97 Å². The Hall–Kier alpha value is -2.30. The Balaban J connectivity index is 2.30. The molecule has 1 aromatic heterocycles. The summed E-state index contributed by atoms with van der Waals surface area (Å²) in [5.41, 5.74) is 2.22. The van der Waals surface area contributed by atoms with Crippen LogP contribution in [0.5, 0.6) is 5.75 Å². The molecule has 2 aromatic rings. The molecule has 0 spiro atoms. The highest BCUT2D eigenvalue weighted by molar-refractivity contribution is 5.86. The molecule has 1 heterocycles. The molecule has 1 aliphatic carbocycles. The fraction of sp³-hybridized carbons (Fsp3) is 0.412. The van der Waals surface area contributed by atoms with E-state index in [0.717, 1.165) is 24.1 Å². The van der Waals surface area contributed by atoms with Gasteiger partial charge in [-0.2, -0.15) is 0 Å². The summed E-state index contributed by atoms with van der Waals surface area (Å²) in [5, 5.41) is 9.52. The summed E-state index contributed by atoms with van der Waals surface area (Å²) in [5.74, 6) is -0.197. The summed E-state index contributed by atoms with van der Waals surface area (Å²) >= 11 is 0. The fourth-order valence-electron chi connectivity index (χ4n) is 3.07. The Morgan fingerprint density at radius 3 is 2.73 bits per heavy atom. The van der Waals surface area contributed by atoms with Gasteiger partial charge in [0.15, 0.2) is 5.43 Å². The van der Waals surface area contributed by atoms with Gasteiger partial charge in [0.1, 0.15) is 5.75 Å². The van der Waals surface area contributed by atoms with Crippen molar-refractivity contribution in [3.05, 3.63) is 39.7 Å². The topological polar surface area (TPSA) is 68.5 Å². The number of nitrogens with zero attached hydrogens (tertiary/aromatic N) is 1. The van der Waals surface area contributed by atoms with Crippen LogP contribution in [0, 0.1) is 6.92 Å². The average Bonchev–Trinajstić information content (AvgIpc) is 3.31. The standard InChI is InChI=1S/C17H19NO4/c1-10-12(8-9-15(19)20)17(21)13-4-3-5-14(22-2)16(13)18(10)11-6-7-11/h3-5,11H,6-9H2,1-2H3,(H,19,20). The number of hydrogen-bond acceptors (Lipinski definition) is 3. The van der Waals surface area contributed by atoms with Crippen LogP contribution in [0.3, 0.4) is 0 Å². The van der Waals surface area contributed by atoms with Gasteiger partial charge in [0.2, 0.25) is 0 Å². The molecular weight excluding hydrogens is 282 g/mol. The largest absolute Gasteiger partial charge is 0.495 e. The number of aromatic nitrogens is 1. The molecule has 1 aromatic carbocycles. The minimum Gasteiger partial charge on any atom is -0.495 e. The second-order valence-corrected chi connectivity index (χ2v) is 5.74. The van der Waals surface area contributed by atoms with Crippen LogP contribution in [-0.2, 0) is 11.2 Å². The van der Waals surface area contributed by atoms with Gasteiger partial charge in [-0.15, -0.1) is 0 Å². The molecule has 1 saturated carbocycles. The van der Waals surface area contributed by atoms with Gasteiger partial charge in [-0.1, -0.05) is 6.07 Å². The van der Waals surface area contributed by atoms with E-state index in [2.05, 4.69) is 4.57 Å². The Morgan fingerprint density at radius 2 is 2.14 bits per heavy atom. The van der Waals surface area contributed by atoms with Crippen LogP contribution in [0.25, 0.3) is 10.9 Å². The van der Waals surface area contributed by atoms with Crippen LogP contribution in [0.4, 0.5) is 0 Å². The van der Waals surface area contributed by atoms with Crippen LogP contribution >= 0.6 is 0 Å². The average molecular weight is 301 g/mol. The summed E-state index contributed by atoms with van der Waals surface area (Å²) in [6.07, 6.45) is 2.39. The van der Waals surface area contributed by atoms with Crippen molar-refractivity contribution in [3.63, 3.8) is 0 Å². The number of hydrogen-bond donors (Lipinski definition) is 1. The van der Waals surface area contributed by atoms with Crippen molar-refractivity contribution in [1.29, 1.82) is 0 Å². The van der Waals surface area contributed by atoms with E-state index in [9.17, 15) is 9.59 Å². The van der Waals surface area contributed by atoms with Crippen molar-refractivity contribution in [3.8, 4) is 5.75 Å². The molecule has 1 N–H and O–H groups in total. The van der Waals surface area contributed by atoms with E-state index in [0.29, 0.717) is 22.7 Å². The number of para-hydroxylation sites is 1. The molecule has 0 aliphatic heterocycles. The lowest BCUT2D eigenvalue weighted by Crippen LogP contribution is -2.20. The van der Waals surface area contributed by atoms with Crippen molar-refractivity contribution in [2.24, 2.45) is 0 Å². The number of pyridine rings is 1. The molecule has 116 valence electrons. The number of carbonyl (C=O) groups is 1. The van der Waals surface area contributed by atoms with E-state index >= 15 is 0 Å². The summed E-state index contributed by atoms with van der Waals surface area (Å²) in [4.78, 5) is 23.6. The number of fused-ring (bicyclic) bond motifs is 1. The zero-order chi connectivity index (χ0) is 15.9. The third-order valence-corrected chi connectivity index (χ3v) is 4.28. The first-order valence-corrected chi connectivity index (χ1v) is 7.47. The quantitative estimate of drug-likeness (QED) is 0.922. The molecule has 0 bridgehead atoms. The van der Waals surface area contributed by atoms with Crippen LogP contribution in [0.2, 0.25) is 0 Å². The number of carboxylic acids is 1. The molecule has 1 fully saturated rings. The molecule has 0 saturated heterocycles. The second kappa shape index (κ2) is 5.48. The number of rotatable bonds is 5. The predicted octanol–water partition coefficient (Wildman–Crippen LogP) is 2.67. The first kappa shape index (κ1) is 14.6. The Morgan fingerprint density at radius 1 is 1.41 bits per heavy atom. The summed E-state index contributed by atoms with van der Waals surface area (Å²) < 4.78 is 7.60. The van der Waals surface area contributed by atoms with Crippen LogP contribution in [0.15, 0.2) is 23.0 Å². The lowest BCUT2D eigenvalue weighted by atomic mass is 10.0. The van der Waals surface area contributed by atoms with Crippen LogP contribution in [0.1, 0.15) is 36.6 Å². The molecule has 0 amide bonds. The lowest BCUT2D eigenvalue weighted by molar-refractivity contribution is -0.136. The van der Waals surface area contributed by atoms with Gasteiger partial charge in [0, 0.05) is 29.1 Å². The highest BCUT2D eigenvalue weighted by atomic mass is 16.5. The van der Waals surface area contributed by atoms with E-state index in [4.69, 9.17) is 9.84 Å². The monoisotopic (exact) mass is 301 g/mol. The molecule has 3 rings (SSSR count). The third-order valence-electron chi connectivity index (χ3n) is 4.28. The van der Waals surface area contributed by atoms with Crippen molar-refractivity contribution in [2.45, 2.75) is 38.6 Å². The highest BCUT2D eigenvalue weighted by Crippen LogP contribution is 2.40. The van der Waals surface area contributed by atoms with Gasteiger partial charge in [-0.25, -0.2) is 0 Å². The van der Waals surface area contributed by atoms with Crippen molar-refractivity contribution in [2.75, 3.05) is 7.11 Å². The van der Waals surface area contributed by atoms with Gasteiger partial charge in [-0.05, 0) is 38.3 Å². The van der Waals surface area contributed by atoms with Gasteiger partial charge >= 0.3 is 5.97 Å². The molecule has 0 unspecified atom stereocenters. The first-order chi connectivity index (χ1) is 10.5. The van der Waals surface area contributed by atoms with Crippen molar-refractivity contribution in [1.82, 2.24) is 4.57 Å². The van der Waals surface area contributed by atoms with E-state index in [1.807, 2.05) is 13.0 Å². The Bertz CT molecular complexity index is 802. The normalized spacial score (nSPS) is 14.3. The van der Waals surface area contributed by atoms with Gasteiger partial charge in [0.25, 0.3) is 0 Å².